The van der Waals surface area contributed by atoms with E-state index in [1.54, 1.807) is 11.3 Å². The highest BCUT2D eigenvalue weighted by molar-refractivity contribution is 7.11. The SMILES string of the molecule is CCc1csc(OCC2CCCC2CN)n1. The molecule has 2 unspecified atom stereocenters. The van der Waals surface area contributed by atoms with E-state index in [0.717, 1.165) is 30.5 Å². The largest absolute Gasteiger partial charge is 0.470 e. The van der Waals surface area contributed by atoms with E-state index in [0.29, 0.717) is 11.8 Å². The van der Waals surface area contributed by atoms with Gasteiger partial charge in [-0.15, -0.1) is 0 Å². The minimum absolute atomic E-state index is 0.638. The molecule has 2 atom stereocenters. The molecule has 1 heterocycles. The van der Waals surface area contributed by atoms with Crippen molar-refractivity contribution in [3.05, 3.63) is 11.1 Å². The molecule has 0 aromatic carbocycles. The number of ether oxygens (including phenoxy) is 1. The highest BCUT2D eigenvalue weighted by atomic mass is 32.1. The molecule has 0 aliphatic heterocycles. The number of aromatic nitrogens is 1. The van der Waals surface area contributed by atoms with Gasteiger partial charge in [-0.25, -0.2) is 4.98 Å². The van der Waals surface area contributed by atoms with Gasteiger partial charge in [-0.05, 0) is 37.6 Å². The second kappa shape index (κ2) is 5.64. The van der Waals surface area contributed by atoms with Gasteiger partial charge in [0.1, 0.15) is 0 Å². The molecule has 0 radical (unpaired) electrons. The van der Waals surface area contributed by atoms with E-state index >= 15 is 0 Å². The number of nitrogens with two attached hydrogens (primary N) is 1. The lowest BCUT2D eigenvalue weighted by Crippen LogP contribution is -2.23. The second-order valence-electron chi connectivity index (χ2n) is 4.46. The Labute approximate surface area is 101 Å². The lowest BCUT2D eigenvalue weighted by molar-refractivity contribution is 0.216. The Morgan fingerprint density at radius 3 is 3.00 bits per heavy atom. The topological polar surface area (TPSA) is 48.1 Å². The van der Waals surface area contributed by atoms with Crippen LogP contribution in [0.2, 0.25) is 0 Å². The number of rotatable bonds is 5. The molecule has 0 amide bonds. The smallest absolute Gasteiger partial charge is 0.273 e. The molecule has 3 nitrogen and oxygen atoms in total. The summed E-state index contributed by atoms with van der Waals surface area (Å²) in [5, 5.41) is 2.89. The minimum atomic E-state index is 0.638. The van der Waals surface area contributed by atoms with Crippen molar-refractivity contribution in [2.75, 3.05) is 13.2 Å². The molecular formula is C12H20N2OS. The maximum atomic E-state index is 5.76. The fourth-order valence-corrected chi connectivity index (χ4v) is 3.10. The third-order valence-electron chi connectivity index (χ3n) is 3.43. The van der Waals surface area contributed by atoms with Crippen molar-refractivity contribution in [1.29, 1.82) is 0 Å². The Balaban J connectivity index is 1.82. The van der Waals surface area contributed by atoms with Crippen LogP contribution in [-0.2, 0) is 6.42 Å². The molecular weight excluding hydrogens is 220 g/mol. The fraction of sp³-hybridized carbons (Fsp3) is 0.750. The van der Waals surface area contributed by atoms with E-state index in [1.165, 1.54) is 19.3 Å². The molecule has 1 aliphatic carbocycles. The first kappa shape index (κ1) is 11.9. The summed E-state index contributed by atoms with van der Waals surface area (Å²) in [5.74, 6) is 1.30. The Bertz CT molecular complexity index is 327. The van der Waals surface area contributed by atoms with Crippen molar-refractivity contribution in [2.24, 2.45) is 17.6 Å². The molecule has 4 heteroatoms. The summed E-state index contributed by atoms with van der Waals surface area (Å²) in [6.07, 6.45) is 4.80. The first-order valence-electron chi connectivity index (χ1n) is 6.10. The van der Waals surface area contributed by atoms with Crippen molar-refractivity contribution >= 4 is 11.3 Å². The van der Waals surface area contributed by atoms with Crippen LogP contribution in [0.5, 0.6) is 5.19 Å². The Hall–Kier alpha value is -0.610. The number of thiazole rings is 1. The minimum Gasteiger partial charge on any atom is -0.470 e. The van der Waals surface area contributed by atoms with Gasteiger partial charge in [0.25, 0.3) is 5.19 Å². The molecule has 1 fully saturated rings. The first-order chi connectivity index (χ1) is 7.83. The van der Waals surface area contributed by atoms with Crippen molar-refractivity contribution in [1.82, 2.24) is 4.98 Å². The zero-order valence-electron chi connectivity index (χ0n) is 9.82. The molecule has 1 saturated carbocycles. The quantitative estimate of drug-likeness (QED) is 0.860. The van der Waals surface area contributed by atoms with Gasteiger partial charge in [-0.1, -0.05) is 24.7 Å². The molecule has 0 saturated heterocycles. The predicted octanol–water partition coefficient (Wildman–Crippen LogP) is 2.46. The van der Waals surface area contributed by atoms with E-state index in [2.05, 4.69) is 17.3 Å². The summed E-state index contributed by atoms with van der Waals surface area (Å²) >= 11 is 1.60. The van der Waals surface area contributed by atoms with Gasteiger partial charge < -0.3 is 10.5 Å². The highest BCUT2D eigenvalue weighted by Crippen LogP contribution is 2.31. The van der Waals surface area contributed by atoms with Crippen molar-refractivity contribution in [3.63, 3.8) is 0 Å². The monoisotopic (exact) mass is 240 g/mol. The average Bonchev–Trinajstić information content (AvgIpc) is 2.94. The summed E-state index contributed by atoms with van der Waals surface area (Å²) in [4.78, 5) is 4.41. The first-order valence-corrected chi connectivity index (χ1v) is 6.98. The van der Waals surface area contributed by atoms with Gasteiger partial charge in [0.05, 0.1) is 12.3 Å². The van der Waals surface area contributed by atoms with Crippen molar-refractivity contribution in [2.45, 2.75) is 32.6 Å². The average molecular weight is 240 g/mol. The van der Waals surface area contributed by atoms with E-state index in [4.69, 9.17) is 10.5 Å². The summed E-state index contributed by atoms with van der Waals surface area (Å²) in [6.45, 7) is 3.70. The van der Waals surface area contributed by atoms with E-state index in [1.807, 2.05) is 0 Å². The molecule has 1 aromatic heterocycles. The van der Waals surface area contributed by atoms with Crippen LogP contribution in [0.25, 0.3) is 0 Å². The predicted molar refractivity (Wildman–Crippen MR) is 66.9 cm³/mol. The summed E-state index contributed by atoms with van der Waals surface area (Å²) in [5.41, 5.74) is 6.88. The number of aryl methyl sites for hydroxylation is 1. The molecule has 1 aromatic rings. The Kier molecular flexibility index (Phi) is 4.18. The van der Waals surface area contributed by atoms with Crippen LogP contribution in [0.15, 0.2) is 5.38 Å². The third kappa shape index (κ3) is 2.74. The molecule has 16 heavy (non-hydrogen) atoms. The molecule has 0 spiro atoms. The number of hydrogen-bond acceptors (Lipinski definition) is 4. The van der Waals surface area contributed by atoms with Crippen LogP contribution < -0.4 is 10.5 Å². The molecule has 0 bridgehead atoms. The fourth-order valence-electron chi connectivity index (χ4n) is 2.34. The summed E-state index contributed by atoms with van der Waals surface area (Å²) < 4.78 is 5.76. The van der Waals surface area contributed by atoms with E-state index < -0.39 is 0 Å². The van der Waals surface area contributed by atoms with Gasteiger partial charge in [-0.3, -0.25) is 0 Å². The lowest BCUT2D eigenvalue weighted by Gasteiger charge is -2.16. The van der Waals surface area contributed by atoms with E-state index in [9.17, 15) is 0 Å². The van der Waals surface area contributed by atoms with Crippen LogP contribution in [0.1, 0.15) is 31.9 Å². The second-order valence-corrected chi connectivity index (χ2v) is 5.28. The zero-order valence-corrected chi connectivity index (χ0v) is 10.6. The number of nitrogens with zero attached hydrogens (tertiary/aromatic N) is 1. The molecule has 2 rings (SSSR count). The summed E-state index contributed by atoms with van der Waals surface area (Å²) in [7, 11) is 0. The maximum Gasteiger partial charge on any atom is 0.273 e. The van der Waals surface area contributed by atoms with E-state index in [-0.39, 0.29) is 0 Å². The van der Waals surface area contributed by atoms with Crippen LogP contribution in [0.4, 0.5) is 0 Å². The lowest BCUT2D eigenvalue weighted by atomic mass is 9.97. The molecule has 1 aliphatic rings. The molecule has 2 N–H and O–H groups in total. The van der Waals surface area contributed by atoms with Crippen molar-refractivity contribution in [3.8, 4) is 5.19 Å². The Morgan fingerprint density at radius 2 is 2.31 bits per heavy atom. The number of hydrogen-bond donors (Lipinski definition) is 1. The van der Waals surface area contributed by atoms with Crippen LogP contribution in [0, 0.1) is 11.8 Å². The Morgan fingerprint density at radius 1 is 1.50 bits per heavy atom. The van der Waals surface area contributed by atoms with Gasteiger partial charge >= 0.3 is 0 Å². The maximum absolute atomic E-state index is 5.76. The normalized spacial score (nSPS) is 24.9. The van der Waals surface area contributed by atoms with Gasteiger partial charge in [0.15, 0.2) is 0 Å². The van der Waals surface area contributed by atoms with Crippen LogP contribution in [0.3, 0.4) is 0 Å². The van der Waals surface area contributed by atoms with Crippen LogP contribution >= 0.6 is 11.3 Å². The third-order valence-corrected chi connectivity index (χ3v) is 4.23. The summed E-state index contributed by atoms with van der Waals surface area (Å²) in [6, 6.07) is 0. The standard InChI is InChI=1S/C12H20N2OS/c1-2-11-8-16-12(14-11)15-7-10-5-3-4-9(10)6-13/h8-10H,2-7,13H2,1H3. The van der Waals surface area contributed by atoms with Gasteiger partial charge in [0.2, 0.25) is 0 Å². The van der Waals surface area contributed by atoms with Gasteiger partial charge in [-0.2, -0.15) is 0 Å². The van der Waals surface area contributed by atoms with Crippen LogP contribution in [-0.4, -0.2) is 18.1 Å². The van der Waals surface area contributed by atoms with Crippen molar-refractivity contribution < 1.29 is 4.74 Å². The molecule has 90 valence electrons. The van der Waals surface area contributed by atoms with Gasteiger partial charge in [0, 0.05) is 5.38 Å². The highest BCUT2D eigenvalue weighted by Gasteiger charge is 2.26. The zero-order chi connectivity index (χ0) is 11.4.